The van der Waals surface area contributed by atoms with Gasteiger partial charge in [-0.25, -0.2) is 13.1 Å². The lowest BCUT2D eigenvalue weighted by molar-refractivity contribution is -0.0823. The van der Waals surface area contributed by atoms with Crippen molar-refractivity contribution in [2.45, 2.75) is 58.5 Å². The monoisotopic (exact) mass is 566 g/mol. The van der Waals surface area contributed by atoms with E-state index in [1.807, 2.05) is 13.8 Å². The standard InChI is InChI=1S/C22H38N4O3S.HI/c1-6-23-21(25-16-18-8-7-15-29-20(18)22(3,4)5)24-13-14-26-30(27,28)19-11-9-17(2)10-12-19;/h9-12,18,20,26H,6-8,13-16H2,1-5H3,(H2,23,24,25);1H. The minimum atomic E-state index is -3.51. The van der Waals surface area contributed by atoms with Gasteiger partial charge in [0.05, 0.1) is 11.0 Å². The van der Waals surface area contributed by atoms with Gasteiger partial charge in [-0.1, -0.05) is 38.5 Å². The van der Waals surface area contributed by atoms with Gasteiger partial charge >= 0.3 is 0 Å². The first-order chi connectivity index (χ1) is 14.1. The molecule has 7 nitrogen and oxygen atoms in total. The molecular weight excluding hydrogens is 527 g/mol. The molecule has 0 radical (unpaired) electrons. The van der Waals surface area contributed by atoms with Crippen LogP contribution in [0.4, 0.5) is 0 Å². The Hall–Kier alpha value is -0.910. The zero-order valence-electron chi connectivity index (χ0n) is 19.4. The number of hydrogen-bond donors (Lipinski definition) is 3. The maximum Gasteiger partial charge on any atom is 0.240 e. The second kappa shape index (κ2) is 13.0. The van der Waals surface area contributed by atoms with Crippen molar-refractivity contribution in [2.24, 2.45) is 16.3 Å². The van der Waals surface area contributed by atoms with E-state index in [0.29, 0.717) is 25.0 Å². The average Bonchev–Trinajstić information content (AvgIpc) is 2.69. The van der Waals surface area contributed by atoms with Crippen LogP contribution in [-0.2, 0) is 14.8 Å². The lowest BCUT2D eigenvalue weighted by Crippen LogP contribution is -2.44. The summed E-state index contributed by atoms with van der Waals surface area (Å²) in [5, 5.41) is 6.45. The van der Waals surface area contributed by atoms with Crippen molar-refractivity contribution in [2.75, 3.05) is 32.8 Å². The molecule has 0 spiro atoms. The first-order valence-corrected chi connectivity index (χ1v) is 12.3. The molecule has 0 aromatic heterocycles. The van der Waals surface area contributed by atoms with E-state index in [4.69, 9.17) is 9.73 Å². The predicted octanol–water partition coefficient (Wildman–Crippen LogP) is 3.29. The van der Waals surface area contributed by atoms with Gasteiger partial charge in [-0.05, 0) is 44.2 Å². The fourth-order valence-corrected chi connectivity index (χ4v) is 4.74. The minimum Gasteiger partial charge on any atom is -0.377 e. The van der Waals surface area contributed by atoms with Crippen molar-refractivity contribution in [3.8, 4) is 0 Å². The molecule has 1 aliphatic heterocycles. The average molecular weight is 567 g/mol. The van der Waals surface area contributed by atoms with Gasteiger partial charge in [0.25, 0.3) is 0 Å². The Balaban J connectivity index is 0.00000480. The van der Waals surface area contributed by atoms with Crippen LogP contribution in [0.3, 0.4) is 0 Å². The summed E-state index contributed by atoms with van der Waals surface area (Å²) >= 11 is 0. The van der Waals surface area contributed by atoms with Crippen LogP contribution in [0.15, 0.2) is 34.2 Å². The van der Waals surface area contributed by atoms with E-state index >= 15 is 0 Å². The van der Waals surface area contributed by atoms with E-state index in [1.165, 1.54) is 0 Å². The molecule has 1 aliphatic rings. The molecule has 0 bridgehead atoms. The molecule has 1 fully saturated rings. The number of rotatable bonds is 8. The van der Waals surface area contributed by atoms with Crippen molar-refractivity contribution in [3.05, 3.63) is 29.8 Å². The van der Waals surface area contributed by atoms with Gasteiger partial charge in [0.1, 0.15) is 0 Å². The van der Waals surface area contributed by atoms with Crippen LogP contribution in [0.25, 0.3) is 0 Å². The molecule has 1 saturated heterocycles. The van der Waals surface area contributed by atoms with E-state index in [-0.39, 0.29) is 46.9 Å². The third kappa shape index (κ3) is 9.23. The van der Waals surface area contributed by atoms with Crippen molar-refractivity contribution in [3.63, 3.8) is 0 Å². The number of nitrogens with zero attached hydrogens (tertiary/aromatic N) is 1. The number of sulfonamides is 1. The van der Waals surface area contributed by atoms with Gasteiger partial charge in [-0.15, -0.1) is 24.0 Å². The smallest absolute Gasteiger partial charge is 0.240 e. The quantitative estimate of drug-likeness (QED) is 0.195. The largest absolute Gasteiger partial charge is 0.377 e. The third-order valence-electron chi connectivity index (χ3n) is 5.17. The van der Waals surface area contributed by atoms with Crippen molar-refractivity contribution in [1.82, 2.24) is 15.4 Å². The number of guanidine groups is 1. The zero-order chi connectivity index (χ0) is 22.2. The van der Waals surface area contributed by atoms with Crippen molar-refractivity contribution in [1.29, 1.82) is 0 Å². The van der Waals surface area contributed by atoms with E-state index < -0.39 is 10.0 Å². The Bertz CT molecular complexity index is 792. The Morgan fingerprint density at radius 3 is 2.45 bits per heavy atom. The summed E-state index contributed by atoms with van der Waals surface area (Å²) in [5.74, 6) is 1.08. The molecule has 0 aliphatic carbocycles. The number of halogens is 1. The molecular formula is C22H39IN4O3S. The first-order valence-electron chi connectivity index (χ1n) is 10.8. The Morgan fingerprint density at radius 2 is 1.84 bits per heavy atom. The van der Waals surface area contributed by atoms with Crippen LogP contribution in [0.5, 0.6) is 0 Å². The number of benzene rings is 1. The predicted molar refractivity (Wildman–Crippen MR) is 138 cm³/mol. The Morgan fingerprint density at radius 1 is 1.16 bits per heavy atom. The Labute approximate surface area is 205 Å². The van der Waals surface area contributed by atoms with Crippen LogP contribution in [0, 0.1) is 18.3 Å². The number of aliphatic imine (C=N–C) groups is 1. The molecule has 0 saturated carbocycles. The fraction of sp³-hybridized carbons (Fsp3) is 0.682. The van der Waals surface area contributed by atoms with Gasteiger partial charge in [0.2, 0.25) is 10.0 Å². The summed E-state index contributed by atoms with van der Waals surface area (Å²) in [5.41, 5.74) is 1.11. The first kappa shape index (κ1) is 28.1. The SMILES string of the molecule is CCNC(=NCC1CCCOC1C(C)(C)C)NCCNS(=O)(=O)c1ccc(C)cc1.I. The summed E-state index contributed by atoms with van der Waals surface area (Å²) in [7, 11) is -3.51. The molecule has 0 amide bonds. The van der Waals surface area contributed by atoms with E-state index in [2.05, 4.69) is 36.1 Å². The van der Waals surface area contributed by atoms with Crippen molar-refractivity contribution < 1.29 is 13.2 Å². The number of hydrogen-bond acceptors (Lipinski definition) is 4. The van der Waals surface area contributed by atoms with Gasteiger partial charge < -0.3 is 15.4 Å². The molecule has 2 unspecified atom stereocenters. The molecule has 2 atom stereocenters. The fourth-order valence-electron chi connectivity index (χ4n) is 3.70. The topological polar surface area (TPSA) is 91.8 Å². The number of ether oxygens (including phenoxy) is 1. The molecule has 9 heteroatoms. The van der Waals surface area contributed by atoms with Gasteiger partial charge in [0.15, 0.2) is 5.96 Å². The summed E-state index contributed by atoms with van der Waals surface area (Å²) in [4.78, 5) is 5.02. The van der Waals surface area contributed by atoms with E-state index in [0.717, 1.165) is 31.6 Å². The van der Waals surface area contributed by atoms with Crippen LogP contribution in [-0.4, -0.2) is 53.3 Å². The minimum absolute atomic E-state index is 0. The second-order valence-electron chi connectivity index (χ2n) is 8.92. The van der Waals surface area contributed by atoms with Gasteiger partial charge in [-0.2, -0.15) is 0 Å². The lowest BCUT2D eigenvalue weighted by atomic mass is 9.78. The molecule has 31 heavy (non-hydrogen) atoms. The lowest BCUT2D eigenvalue weighted by Gasteiger charge is -2.39. The normalized spacial score (nSPS) is 20.1. The Kier molecular flexibility index (Phi) is 11.8. The highest BCUT2D eigenvalue weighted by molar-refractivity contribution is 14.0. The highest BCUT2D eigenvalue weighted by atomic mass is 127. The van der Waals surface area contributed by atoms with Crippen molar-refractivity contribution >= 4 is 40.0 Å². The number of nitrogens with one attached hydrogen (secondary N) is 3. The second-order valence-corrected chi connectivity index (χ2v) is 10.7. The molecule has 1 aromatic carbocycles. The summed E-state index contributed by atoms with van der Waals surface area (Å²) in [6.45, 7) is 13.5. The van der Waals surface area contributed by atoms with Crippen LogP contribution in [0.1, 0.15) is 46.1 Å². The summed E-state index contributed by atoms with van der Waals surface area (Å²) in [6, 6.07) is 6.83. The molecule has 1 heterocycles. The van der Waals surface area contributed by atoms with E-state index in [1.54, 1.807) is 24.3 Å². The summed E-state index contributed by atoms with van der Waals surface area (Å²) in [6.07, 6.45) is 2.37. The summed E-state index contributed by atoms with van der Waals surface area (Å²) < 4.78 is 33.4. The third-order valence-corrected chi connectivity index (χ3v) is 6.64. The van der Waals surface area contributed by atoms with E-state index in [9.17, 15) is 8.42 Å². The molecule has 178 valence electrons. The van der Waals surface area contributed by atoms with Crippen LogP contribution < -0.4 is 15.4 Å². The highest BCUT2D eigenvalue weighted by Gasteiger charge is 2.35. The maximum atomic E-state index is 12.4. The molecule has 3 N–H and O–H groups in total. The zero-order valence-corrected chi connectivity index (χ0v) is 22.5. The van der Waals surface area contributed by atoms with Gasteiger partial charge in [0, 0.05) is 38.7 Å². The molecule has 2 rings (SSSR count). The number of aryl methyl sites for hydroxylation is 1. The maximum absolute atomic E-state index is 12.4. The van der Waals surface area contributed by atoms with Crippen LogP contribution in [0.2, 0.25) is 0 Å². The molecule has 1 aromatic rings. The van der Waals surface area contributed by atoms with Crippen LogP contribution >= 0.6 is 24.0 Å². The van der Waals surface area contributed by atoms with Gasteiger partial charge in [-0.3, -0.25) is 4.99 Å². The highest BCUT2D eigenvalue weighted by Crippen LogP contribution is 2.34.